The second-order valence-corrected chi connectivity index (χ2v) is 11.7. The molecule has 168 valence electrons. The highest BCUT2D eigenvalue weighted by atomic mass is 35.5. The lowest BCUT2D eigenvalue weighted by atomic mass is 10.1. The Morgan fingerprint density at radius 3 is 2.22 bits per heavy atom. The van der Waals surface area contributed by atoms with Crippen LogP contribution in [-0.2, 0) is 32.3 Å². The van der Waals surface area contributed by atoms with Crippen molar-refractivity contribution in [2.75, 3.05) is 11.5 Å². The van der Waals surface area contributed by atoms with Crippen molar-refractivity contribution in [3.63, 3.8) is 0 Å². The van der Waals surface area contributed by atoms with Crippen LogP contribution in [0.2, 0.25) is 10.0 Å². The molecule has 7 nitrogen and oxygen atoms in total. The second-order valence-electron chi connectivity index (χ2n) is 7.53. The molecule has 11 heteroatoms. The van der Waals surface area contributed by atoms with Crippen molar-refractivity contribution in [1.29, 1.82) is 0 Å². The summed E-state index contributed by atoms with van der Waals surface area (Å²) in [6.07, 6.45) is 0.00456. The van der Waals surface area contributed by atoms with Gasteiger partial charge in [0.05, 0.1) is 30.4 Å². The van der Waals surface area contributed by atoms with E-state index in [0.29, 0.717) is 21.2 Å². The number of benzene rings is 2. The summed E-state index contributed by atoms with van der Waals surface area (Å²) in [5.74, 6) is -0.963. The van der Waals surface area contributed by atoms with Crippen LogP contribution in [0.5, 0.6) is 0 Å². The highest BCUT2D eigenvalue weighted by molar-refractivity contribution is 8.15. The van der Waals surface area contributed by atoms with E-state index in [1.54, 1.807) is 48.5 Å². The number of sulfone groups is 1. The molecular formula is C21H19Cl2N3O4S2. The Hall–Kier alpha value is -2.07. The molecule has 4 rings (SSSR count). The highest BCUT2D eigenvalue weighted by Crippen LogP contribution is 2.37. The van der Waals surface area contributed by atoms with Crippen molar-refractivity contribution in [3.05, 3.63) is 69.7 Å². The first kappa shape index (κ1) is 23.1. The first-order valence-electron chi connectivity index (χ1n) is 9.76. The van der Waals surface area contributed by atoms with Gasteiger partial charge in [0.1, 0.15) is 0 Å². The fourth-order valence-corrected chi connectivity index (χ4v) is 7.91. The predicted molar refractivity (Wildman–Crippen MR) is 127 cm³/mol. The SMILES string of the molecule is O=C(Cc1ccccc1Cl)N=C1S[C@H]2CS(=O)(=O)C[C@@H]2N1NC(=O)Cc1ccccc1Cl. The number of hydrogen-bond acceptors (Lipinski definition) is 5. The number of nitrogens with one attached hydrogen (secondary N) is 1. The smallest absolute Gasteiger partial charge is 0.252 e. The minimum absolute atomic E-state index is 0.00122. The number of amides is 2. The molecular weight excluding hydrogens is 493 g/mol. The number of thioether (sulfide) groups is 1. The largest absolute Gasteiger partial charge is 0.273 e. The molecule has 0 spiro atoms. The molecule has 0 radical (unpaired) electrons. The number of carbonyl (C=O) groups is 2. The molecule has 2 atom stereocenters. The fraction of sp³-hybridized carbons (Fsp3) is 0.286. The average Bonchev–Trinajstić information content (AvgIpc) is 3.17. The zero-order valence-corrected chi connectivity index (χ0v) is 19.8. The van der Waals surface area contributed by atoms with Crippen LogP contribution >= 0.6 is 35.0 Å². The highest BCUT2D eigenvalue weighted by Gasteiger charge is 2.49. The van der Waals surface area contributed by atoms with Gasteiger partial charge in [-0.25, -0.2) is 8.42 Å². The average molecular weight is 512 g/mol. The molecule has 2 fully saturated rings. The van der Waals surface area contributed by atoms with Crippen LogP contribution < -0.4 is 5.43 Å². The Labute approximate surface area is 200 Å². The lowest BCUT2D eigenvalue weighted by Gasteiger charge is -2.25. The van der Waals surface area contributed by atoms with Crippen molar-refractivity contribution in [3.8, 4) is 0 Å². The van der Waals surface area contributed by atoms with E-state index in [1.807, 2.05) is 0 Å². The Morgan fingerprint density at radius 1 is 1.00 bits per heavy atom. The maximum Gasteiger partial charge on any atom is 0.252 e. The second kappa shape index (κ2) is 9.43. The number of hydrazine groups is 1. The number of hydrogen-bond donors (Lipinski definition) is 1. The van der Waals surface area contributed by atoms with Crippen molar-refractivity contribution < 1.29 is 18.0 Å². The first-order valence-corrected chi connectivity index (χ1v) is 13.2. The van der Waals surface area contributed by atoms with Gasteiger partial charge < -0.3 is 0 Å². The molecule has 0 aromatic heterocycles. The van der Waals surface area contributed by atoms with Gasteiger partial charge in [-0.3, -0.25) is 20.0 Å². The lowest BCUT2D eigenvalue weighted by molar-refractivity contribution is -0.124. The third-order valence-electron chi connectivity index (χ3n) is 5.14. The molecule has 0 saturated carbocycles. The van der Waals surface area contributed by atoms with Crippen LogP contribution in [0.15, 0.2) is 53.5 Å². The van der Waals surface area contributed by atoms with Gasteiger partial charge in [-0.15, -0.1) is 0 Å². The van der Waals surface area contributed by atoms with E-state index >= 15 is 0 Å². The molecule has 2 amide bonds. The minimum atomic E-state index is -3.24. The predicted octanol–water partition coefficient (Wildman–Crippen LogP) is 2.91. The van der Waals surface area contributed by atoms with E-state index in [1.165, 1.54) is 16.8 Å². The maximum atomic E-state index is 12.7. The summed E-state index contributed by atoms with van der Waals surface area (Å²) in [7, 11) is -3.24. The molecule has 0 bridgehead atoms. The molecule has 1 N–H and O–H groups in total. The fourth-order valence-electron chi connectivity index (χ4n) is 3.63. The molecule has 32 heavy (non-hydrogen) atoms. The van der Waals surface area contributed by atoms with Crippen LogP contribution in [0.3, 0.4) is 0 Å². The molecule has 2 aromatic carbocycles. The van der Waals surface area contributed by atoms with Gasteiger partial charge in [-0.1, -0.05) is 71.4 Å². The molecule has 0 aliphatic carbocycles. The Bertz CT molecular complexity index is 1200. The maximum absolute atomic E-state index is 12.7. The van der Waals surface area contributed by atoms with E-state index < -0.39 is 21.8 Å². The van der Waals surface area contributed by atoms with Gasteiger partial charge >= 0.3 is 0 Å². The van der Waals surface area contributed by atoms with Gasteiger partial charge in [-0.05, 0) is 23.3 Å². The number of carbonyl (C=O) groups excluding carboxylic acids is 2. The molecule has 2 aliphatic rings. The number of halogens is 2. The van der Waals surface area contributed by atoms with Crippen LogP contribution in [-0.4, -0.2) is 53.2 Å². The number of aliphatic imine (C=N–C) groups is 1. The summed E-state index contributed by atoms with van der Waals surface area (Å²) in [5.41, 5.74) is 4.02. The topological polar surface area (TPSA) is 95.9 Å². The quantitative estimate of drug-likeness (QED) is 0.662. The van der Waals surface area contributed by atoms with Gasteiger partial charge in [0.15, 0.2) is 15.0 Å². The summed E-state index contributed by atoms with van der Waals surface area (Å²) < 4.78 is 24.3. The Kier molecular flexibility index (Phi) is 6.80. The Balaban J connectivity index is 1.53. The summed E-state index contributed by atoms with van der Waals surface area (Å²) in [4.78, 5) is 29.5. The van der Waals surface area contributed by atoms with E-state index in [2.05, 4.69) is 10.4 Å². The summed E-state index contributed by atoms with van der Waals surface area (Å²) in [6, 6.07) is 13.5. The van der Waals surface area contributed by atoms with Crippen molar-refractivity contribution >= 4 is 61.8 Å². The molecule has 2 saturated heterocycles. The van der Waals surface area contributed by atoms with Gasteiger partial charge in [-0.2, -0.15) is 4.99 Å². The van der Waals surface area contributed by atoms with Gasteiger partial charge in [0.2, 0.25) is 5.91 Å². The molecule has 2 heterocycles. The molecule has 2 aromatic rings. The summed E-state index contributed by atoms with van der Waals surface area (Å²) in [5, 5.41) is 2.31. The van der Waals surface area contributed by atoms with Crippen molar-refractivity contribution in [2.24, 2.45) is 4.99 Å². The number of fused-ring (bicyclic) bond motifs is 1. The van der Waals surface area contributed by atoms with Crippen LogP contribution in [0.25, 0.3) is 0 Å². The van der Waals surface area contributed by atoms with E-state index in [-0.39, 0.29) is 40.7 Å². The van der Waals surface area contributed by atoms with Crippen molar-refractivity contribution in [1.82, 2.24) is 10.4 Å². The number of nitrogens with zero attached hydrogens (tertiary/aromatic N) is 2. The summed E-state index contributed by atoms with van der Waals surface area (Å²) in [6.45, 7) is 0. The number of amidine groups is 1. The molecule has 2 aliphatic heterocycles. The van der Waals surface area contributed by atoms with Gasteiger partial charge in [0, 0.05) is 15.3 Å². The van der Waals surface area contributed by atoms with Gasteiger partial charge in [0.25, 0.3) is 5.91 Å². The minimum Gasteiger partial charge on any atom is -0.273 e. The van der Waals surface area contributed by atoms with E-state index in [0.717, 1.165) is 0 Å². The van der Waals surface area contributed by atoms with E-state index in [9.17, 15) is 18.0 Å². The third-order valence-corrected chi connectivity index (χ3v) is 9.09. The number of rotatable bonds is 5. The normalized spacial score (nSPS) is 22.7. The monoisotopic (exact) mass is 511 g/mol. The van der Waals surface area contributed by atoms with Crippen LogP contribution in [0.1, 0.15) is 11.1 Å². The standard InChI is InChI=1S/C21H19Cl2N3O4S2/c22-15-7-3-1-5-13(15)9-19(27)24-21-26(17-11-32(29,30)12-18(17)31-21)25-20(28)10-14-6-2-4-8-16(14)23/h1-8,17-18H,9-12H2,(H,25,28)/t17-,18-/m0/s1. The zero-order valence-electron chi connectivity index (χ0n) is 16.7. The Morgan fingerprint density at radius 2 is 1.59 bits per heavy atom. The zero-order chi connectivity index (χ0) is 22.9. The van der Waals surface area contributed by atoms with Crippen LogP contribution in [0, 0.1) is 0 Å². The molecule has 0 unspecified atom stereocenters. The van der Waals surface area contributed by atoms with E-state index in [4.69, 9.17) is 23.2 Å². The van der Waals surface area contributed by atoms with Crippen molar-refractivity contribution in [2.45, 2.75) is 24.1 Å². The summed E-state index contributed by atoms with van der Waals surface area (Å²) >= 11 is 13.5. The van der Waals surface area contributed by atoms with Crippen LogP contribution in [0.4, 0.5) is 0 Å². The third kappa shape index (κ3) is 5.28. The lowest BCUT2D eigenvalue weighted by Crippen LogP contribution is -2.50. The first-order chi connectivity index (χ1) is 15.2.